The maximum absolute atomic E-state index is 14.1. The lowest BCUT2D eigenvalue weighted by molar-refractivity contribution is -0.136. The van der Waals surface area contributed by atoms with Gasteiger partial charge in [-0.15, -0.1) is 0 Å². The van der Waals surface area contributed by atoms with E-state index in [0.717, 1.165) is 22.2 Å². The van der Waals surface area contributed by atoms with Crippen molar-refractivity contribution in [1.82, 2.24) is 14.0 Å². The number of amides is 1. The minimum Gasteiger partial charge on any atom is -0.393 e. The highest BCUT2D eigenvalue weighted by molar-refractivity contribution is 5.84. The fraction of sp³-hybridized carbons (Fsp3) is 0.355. The van der Waals surface area contributed by atoms with Gasteiger partial charge in [0, 0.05) is 19.5 Å². The smallest absolute Gasteiger partial charge is 0.246 e. The van der Waals surface area contributed by atoms with Crippen LogP contribution >= 0.6 is 0 Å². The van der Waals surface area contributed by atoms with Crippen LogP contribution in [0.25, 0.3) is 11.0 Å². The van der Waals surface area contributed by atoms with Crippen LogP contribution in [0.3, 0.4) is 0 Å². The molecule has 5 rings (SSSR count). The quantitative estimate of drug-likeness (QED) is 0.398. The van der Waals surface area contributed by atoms with Gasteiger partial charge in [-0.3, -0.25) is 14.8 Å². The number of hydrogen-bond donors (Lipinski definition) is 2. The van der Waals surface area contributed by atoms with Crippen LogP contribution in [0, 0.1) is 19.3 Å². The second-order valence-electron chi connectivity index (χ2n) is 10.4. The molecule has 1 saturated heterocycles. The van der Waals surface area contributed by atoms with Crippen LogP contribution in [0.15, 0.2) is 72.8 Å². The Balaban J connectivity index is 1.64. The van der Waals surface area contributed by atoms with Gasteiger partial charge in [-0.2, -0.15) is 0 Å². The number of aromatic nitrogens is 2. The number of aliphatic hydroxyl groups is 1. The molecule has 0 aliphatic carbocycles. The van der Waals surface area contributed by atoms with Gasteiger partial charge in [0.1, 0.15) is 6.04 Å². The van der Waals surface area contributed by atoms with Crippen molar-refractivity contribution >= 4 is 16.9 Å². The fourth-order valence-electron chi connectivity index (χ4n) is 5.45. The molecular weight excluding hydrogens is 460 g/mol. The number of rotatable bonds is 6. The molecule has 3 aromatic carbocycles. The third kappa shape index (κ3) is 4.98. The summed E-state index contributed by atoms with van der Waals surface area (Å²) in [5.41, 5.74) is 6.70. The molecule has 0 saturated carbocycles. The molecule has 0 radical (unpaired) electrons. The topological polar surface area (TPSA) is 74.2 Å². The normalized spacial score (nSPS) is 16.2. The number of imidazole rings is 1. The Kier molecular flexibility index (Phi) is 7.02. The zero-order valence-electron chi connectivity index (χ0n) is 21.9. The highest BCUT2D eigenvalue weighted by Crippen LogP contribution is 2.28. The third-order valence-electron chi connectivity index (χ3n) is 7.73. The summed E-state index contributed by atoms with van der Waals surface area (Å²) >= 11 is 0. The molecule has 4 aromatic rings. The summed E-state index contributed by atoms with van der Waals surface area (Å²) in [4.78, 5) is 16.0. The van der Waals surface area contributed by atoms with E-state index < -0.39 is 6.04 Å². The Bertz CT molecular complexity index is 1440. The molecule has 1 unspecified atom stereocenters. The van der Waals surface area contributed by atoms with Crippen LogP contribution in [-0.4, -0.2) is 44.2 Å². The summed E-state index contributed by atoms with van der Waals surface area (Å²) in [7, 11) is 0. The van der Waals surface area contributed by atoms with Crippen molar-refractivity contribution in [3.8, 4) is 0 Å². The Hall–Kier alpha value is -3.64. The number of benzene rings is 3. The van der Waals surface area contributed by atoms with Gasteiger partial charge in [-0.1, -0.05) is 71.8 Å². The predicted octanol–water partition coefficient (Wildman–Crippen LogP) is 4.92. The van der Waals surface area contributed by atoms with Crippen molar-refractivity contribution < 1.29 is 9.90 Å². The molecule has 2 N–H and O–H groups in total. The maximum Gasteiger partial charge on any atom is 0.246 e. The first-order valence-electron chi connectivity index (χ1n) is 13.2. The lowest BCUT2D eigenvalue weighted by atomic mass is 10.0. The summed E-state index contributed by atoms with van der Waals surface area (Å²) < 4.78 is 3.96. The molecular formula is C31H36N4O2. The molecule has 37 heavy (non-hydrogen) atoms. The van der Waals surface area contributed by atoms with Crippen molar-refractivity contribution in [2.75, 3.05) is 13.1 Å². The van der Waals surface area contributed by atoms with E-state index in [9.17, 15) is 15.3 Å². The van der Waals surface area contributed by atoms with Crippen LogP contribution in [0.4, 0.5) is 0 Å². The van der Waals surface area contributed by atoms with Gasteiger partial charge < -0.3 is 14.6 Å². The van der Waals surface area contributed by atoms with Gasteiger partial charge >= 0.3 is 0 Å². The first-order chi connectivity index (χ1) is 17.8. The van der Waals surface area contributed by atoms with E-state index >= 15 is 0 Å². The SMILES string of the molecule is Cc1ccc(C[C@@H](C(=O)N2CCC(O)CC2)n2c(=N)n(C(C)c3ccc(C)cc3)c3ccccc32)cc1. The minimum atomic E-state index is -0.554. The second-order valence-corrected chi connectivity index (χ2v) is 10.4. The van der Waals surface area contributed by atoms with Crippen LogP contribution in [0.5, 0.6) is 0 Å². The number of hydrogen-bond acceptors (Lipinski definition) is 3. The first kappa shape index (κ1) is 25.0. The molecule has 1 aliphatic heterocycles. The number of para-hydroxylation sites is 2. The number of piperidine rings is 1. The van der Waals surface area contributed by atoms with E-state index in [1.54, 1.807) is 0 Å². The van der Waals surface area contributed by atoms with Crippen molar-refractivity contribution in [3.63, 3.8) is 0 Å². The minimum absolute atomic E-state index is 0.0110. The molecule has 6 heteroatoms. The number of nitrogens with zero attached hydrogens (tertiary/aromatic N) is 3. The fourth-order valence-corrected chi connectivity index (χ4v) is 5.45. The standard InChI is InChI=1S/C31H36N4O2/c1-21-8-12-24(13-9-21)20-29(30(37)33-18-16-26(36)17-19-33)35-28-7-5-4-6-27(28)34(31(35)32)23(3)25-14-10-22(2)11-15-25/h4-15,23,26,29,32,36H,16-20H2,1-3H3/t23?,29-/m0/s1. The van der Waals surface area contributed by atoms with Gasteiger partial charge in [0.15, 0.2) is 0 Å². The number of likely N-dealkylation sites (tertiary alicyclic amines) is 1. The number of carbonyl (C=O) groups is 1. The lowest BCUT2D eigenvalue weighted by Crippen LogP contribution is -2.46. The molecule has 192 valence electrons. The molecule has 1 amide bonds. The first-order valence-corrected chi connectivity index (χ1v) is 13.2. The van der Waals surface area contributed by atoms with E-state index in [1.165, 1.54) is 11.1 Å². The zero-order chi connectivity index (χ0) is 26.1. The molecule has 1 aliphatic rings. The highest BCUT2D eigenvalue weighted by atomic mass is 16.3. The van der Waals surface area contributed by atoms with E-state index in [1.807, 2.05) is 38.3 Å². The molecule has 2 heterocycles. The van der Waals surface area contributed by atoms with Crippen molar-refractivity contribution in [1.29, 1.82) is 5.41 Å². The lowest BCUT2D eigenvalue weighted by Gasteiger charge is -2.33. The predicted molar refractivity (Wildman–Crippen MR) is 147 cm³/mol. The number of aliphatic hydroxyl groups excluding tert-OH is 1. The highest BCUT2D eigenvalue weighted by Gasteiger charge is 2.32. The van der Waals surface area contributed by atoms with Crippen LogP contribution < -0.4 is 5.62 Å². The van der Waals surface area contributed by atoms with Gasteiger partial charge in [-0.25, -0.2) is 0 Å². The Morgan fingerprint density at radius 2 is 1.43 bits per heavy atom. The second kappa shape index (κ2) is 10.4. The van der Waals surface area contributed by atoms with Crippen molar-refractivity contribution in [3.05, 3.63) is 101 Å². The molecule has 1 aromatic heterocycles. The van der Waals surface area contributed by atoms with Crippen molar-refractivity contribution in [2.45, 2.75) is 58.2 Å². The number of aryl methyl sites for hydroxylation is 2. The van der Waals surface area contributed by atoms with Gasteiger partial charge in [-0.05, 0) is 56.9 Å². The number of fused-ring (bicyclic) bond motifs is 1. The molecule has 1 fully saturated rings. The Labute approximate surface area is 218 Å². The largest absolute Gasteiger partial charge is 0.393 e. The average molecular weight is 497 g/mol. The molecule has 0 spiro atoms. The van der Waals surface area contributed by atoms with Crippen LogP contribution in [0.2, 0.25) is 0 Å². The Morgan fingerprint density at radius 3 is 2.03 bits per heavy atom. The van der Waals surface area contributed by atoms with Crippen LogP contribution in [0.1, 0.15) is 54.1 Å². The molecule has 0 bridgehead atoms. The Morgan fingerprint density at radius 1 is 0.892 bits per heavy atom. The van der Waals surface area contributed by atoms with Gasteiger partial charge in [0.05, 0.1) is 23.2 Å². The average Bonchev–Trinajstić information content (AvgIpc) is 3.20. The van der Waals surface area contributed by atoms with Crippen LogP contribution in [-0.2, 0) is 11.2 Å². The van der Waals surface area contributed by atoms with E-state index in [2.05, 4.69) is 69.3 Å². The van der Waals surface area contributed by atoms with E-state index in [4.69, 9.17) is 0 Å². The number of nitrogens with one attached hydrogen (secondary N) is 1. The van der Waals surface area contributed by atoms with Gasteiger partial charge in [0.2, 0.25) is 11.5 Å². The van der Waals surface area contributed by atoms with Crippen molar-refractivity contribution in [2.24, 2.45) is 0 Å². The summed E-state index contributed by atoms with van der Waals surface area (Å²) in [6.45, 7) is 7.32. The number of carbonyl (C=O) groups excluding carboxylic acids is 1. The summed E-state index contributed by atoms with van der Waals surface area (Å²) in [6, 6.07) is 24.1. The summed E-state index contributed by atoms with van der Waals surface area (Å²) in [5.74, 6) is 0.0110. The third-order valence-corrected chi connectivity index (χ3v) is 7.73. The van der Waals surface area contributed by atoms with E-state index in [0.29, 0.717) is 38.0 Å². The van der Waals surface area contributed by atoms with Gasteiger partial charge in [0.25, 0.3) is 0 Å². The molecule has 6 nitrogen and oxygen atoms in total. The van der Waals surface area contributed by atoms with E-state index in [-0.39, 0.29) is 18.1 Å². The molecule has 2 atom stereocenters. The monoisotopic (exact) mass is 496 g/mol. The zero-order valence-corrected chi connectivity index (χ0v) is 21.9. The summed E-state index contributed by atoms with van der Waals surface area (Å²) in [5, 5.41) is 19.4. The summed E-state index contributed by atoms with van der Waals surface area (Å²) in [6.07, 6.45) is 1.33. The maximum atomic E-state index is 14.1.